The second-order valence-electron chi connectivity index (χ2n) is 6.56. The molecule has 6 heteroatoms. The van der Waals surface area contributed by atoms with Gasteiger partial charge in [-0.2, -0.15) is 0 Å². The van der Waals surface area contributed by atoms with Gasteiger partial charge in [0, 0.05) is 23.1 Å². The van der Waals surface area contributed by atoms with Gasteiger partial charge in [0.25, 0.3) is 0 Å². The molecule has 0 amide bonds. The Bertz CT molecular complexity index is 1250. The van der Waals surface area contributed by atoms with E-state index in [0.29, 0.717) is 22.1 Å². The highest BCUT2D eigenvalue weighted by atomic mass is 35.5. The number of halogens is 1. The van der Waals surface area contributed by atoms with Crippen LogP contribution in [-0.4, -0.2) is 13.1 Å². The summed E-state index contributed by atoms with van der Waals surface area (Å²) >= 11 is 6.48. The van der Waals surface area contributed by atoms with Gasteiger partial charge in [-0.25, -0.2) is 9.59 Å². The molecule has 0 fully saturated rings. The minimum absolute atomic E-state index is 0.205. The fraction of sp³-hybridized carbons (Fsp3) is 0.0833. The lowest BCUT2D eigenvalue weighted by atomic mass is 10.0. The largest absolute Gasteiger partial charge is 0.472 e. The number of methoxy groups -OCH3 is 1. The quantitative estimate of drug-likeness (QED) is 0.319. The molecule has 0 aliphatic carbocycles. The van der Waals surface area contributed by atoms with Gasteiger partial charge >= 0.3 is 11.6 Å². The summed E-state index contributed by atoms with van der Waals surface area (Å²) in [4.78, 5) is 24.5. The monoisotopic (exact) mass is 420 g/mol. The number of benzene rings is 3. The highest BCUT2D eigenvalue weighted by Gasteiger charge is 2.25. The first-order valence-electron chi connectivity index (χ1n) is 9.19. The van der Waals surface area contributed by atoms with Crippen LogP contribution in [-0.2, 0) is 9.53 Å². The van der Waals surface area contributed by atoms with E-state index in [1.54, 1.807) is 30.3 Å². The van der Waals surface area contributed by atoms with Gasteiger partial charge in [-0.05, 0) is 17.2 Å². The molecule has 150 valence electrons. The SMILES string of the molecule is COC(=O)[C@@H](Oc1cc2oc(=O)cc(-c3ccccc3)c2cc1Cl)c1ccccc1. The second kappa shape index (κ2) is 8.43. The molecule has 4 aromatic rings. The number of carbonyl (C=O) groups is 1. The van der Waals surface area contributed by atoms with Gasteiger partial charge in [0.15, 0.2) is 0 Å². The molecular formula is C24H17ClO5. The minimum atomic E-state index is -1.02. The first-order valence-corrected chi connectivity index (χ1v) is 9.57. The number of hydrogen-bond acceptors (Lipinski definition) is 5. The van der Waals surface area contributed by atoms with Gasteiger partial charge in [-0.3, -0.25) is 0 Å². The van der Waals surface area contributed by atoms with E-state index in [0.717, 1.165) is 5.56 Å². The highest BCUT2D eigenvalue weighted by Crippen LogP contribution is 2.37. The second-order valence-corrected chi connectivity index (χ2v) is 6.96. The van der Waals surface area contributed by atoms with E-state index in [1.165, 1.54) is 19.2 Å². The maximum absolute atomic E-state index is 12.3. The van der Waals surface area contributed by atoms with Gasteiger partial charge in [0.1, 0.15) is 11.3 Å². The molecule has 0 unspecified atom stereocenters. The van der Waals surface area contributed by atoms with Crippen LogP contribution in [0.4, 0.5) is 0 Å². The van der Waals surface area contributed by atoms with Gasteiger partial charge < -0.3 is 13.9 Å². The lowest BCUT2D eigenvalue weighted by Gasteiger charge is -2.18. The van der Waals surface area contributed by atoms with E-state index in [2.05, 4.69) is 0 Å². The summed E-state index contributed by atoms with van der Waals surface area (Å²) in [5, 5.41) is 0.936. The summed E-state index contributed by atoms with van der Waals surface area (Å²) in [6, 6.07) is 23.0. The van der Waals surface area contributed by atoms with E-state index < -0.39 is 17.7 Å². The predicted molar refractivity (Wildman–Crippen MR) is 115 cm³/mol. The van der Waals surface area contributed by atoms with Gasteiger partial charge in [0.2, 0.25) is 6.10 Å². The van der Waals surface area contributed by atoms with Crippen molar-refractivity contribution in [1.82, 2.24) is 0 Å². The van der Waals surface area contributed by atoms with Gasteiger partial charge in [0.05, 0.1) is 12.1 Å². The molecule has 0 spiro atoms. The van der Waals surface area contributed by atoms with Crippen molar-refractivity contribution in [3.8, 4) is 16.9 Å². The topological polar surface area (TPSA) is 65.7 Å². The Balaban J connectivity index is 1.82. The van der Waals surface area contributed by atoms with Crippen molar-refractivity contribution in [3.05, 3.63) is 99.9 Å². The van der Waals surface area contributed by atoms with Gasteiger partial charge in [-0.15, -0.1) is 0 Å². The molecule has 0 N–H and O–H groups in total. The summed E-state index contributed by atoms with van der Waals surface area (Å²) in [5.74, 6) is -0.367. The fourth-order valence-electron chi connectivity index (χ4n) is 3.22. The van der Waals surface area contributed by atoms with Crippen molar-refractivity contribution in [3.63, 3.8) is 0 Å². The molecule has 1 aromatic heterocycles. The fourth-order valence-corrected chi connectivity index (χ4v) is 3.43. The Hall–Kier alpha value is -3.57. The van der Waals surface area contributed by atoms with Crippen molar-refractivity contribution < 1.29 is 18.7 Å². The van der Waals surface area contributed by atoms with Crippen LogP contribution in [0.15, 0.2) is 88.1 Å². The maximum Gasteiger partial charge on any atom is 0.351 e. The molecule has 30 heavy (non-hydrogen) atoms. The zero-order valence-electron chi connectivity index (χ0n) is 16.0. The minimum Gasteiger partial charge on any atom is -0.472 e. The molecule has 0 saturated carbocycles. The third-order valence-corrected chi connectivity index (χ3v) is 4.94. The highest BCUT2D eigenvalue weighted by molar-refractivity contribution is 6.33. The molecular weight excluding hydrogens is 404 g/mol. The normalized spacial score (nSPS) is 11.8. The van der Waals surface area contributed by atoms with Crippen LogP contribution < -0.4 is 10.4 Å². The summed E-state index contributed by atoms with van der Waals surface area (Å²) in [7, 11) is 1.29. The van der Waals surface area contributed by atoms with Crippen molar-refractivity contribution >= 4 is 28.5 Å². The van der Waals surface area contributed by atoms with Crippen LogP contribution in [0.3, 0.4) is 0 Å². The van der Waals surface area contributed by atoms with Crippen LogP contribution in [0, 0.1) is 0 Å². The molecule has 0 radical (unpaired) electrons. The number of carbonyl (C=O) groups excluding carboxylic acids is 1. The summed E-state index contributed by atoms with van der Waals surface area (Å²) < 4.78 is 16.2. The lowest BCUT2D eigenvalue weighted by Crippen LogP contribution is -2.20. The van der Waals surface area contributed by atoms with E-state index in [1.807, 2.05) is 36.4 Å². The number of fused-ring (bicyclic) bond motifs is 1. The molecule has 4 rings (SSSR count). The van der Waals surface area contributed by atoms with E-state index >= 15 is 0 Å². The molecule has 3 aromatic carbocycles. The number of hydrogen-bond donors (Lipinski definition) is 0. The van der Waals surface area contributed by atoms with Crippen molar-refractivity contribution in [1.29, 1.82) is 0 Å². The van der Waals surface area contributed by atoms with E-state index in [-0.39, 0.29) is 10.8 Å². The standard InChI is InChI=1S/C24H17ClO5/c1-28-24(27)23(16-10-6-3-7-11-16)30-21-14-20-18(12-19(21)25)17(13-22(26)29-20)15-8-4-2-5-9-15/h2-14,23H,1H3/t23-/m0/s1. The molecule has 1 heterocycles. The molecule has 0 saturated heterocycles. The Labute approximate surface area is 177 Å². The lowest BCUT2D eigenvalue weighted by molar-refractivity contribution is -0.149. The molecule has 1 atom stereocenters. The van der Waals surface area contributed by atoms with Crippen LogP contribution in [0.2, 0.25) is 5.02 Å². The predicted octanol–water partition coefficient (Wildman–Crippen LogP) is 5.41. The Morgan fingerprint density at radius 2 is 1.63 bits per heavy atom. The van der Waals surface area contributed by atoms with Crippen molar-refractivity contribution in [2.45, 2.75) is 6.10 Å². The zero-order chi connectivity index (χ0) is 21.1. The Morgan fingerprint density at radius 3 is 2.30 bits per heavy atom. The Morgan fingerprint density at radius 1 is 0.967 bits per heavy atom. The van der Waals surface area contributed by atoms with Crippen LogP contribution >= 0.6 is 11.6 Å². The maximum atomic E-state index is 12.3. The average Bonchev–Trinajstić information content (AvgIpc) is 2.78. The van der Waals surface area contributed by atoms with E-state index in [9.17, 15) is 9.59 Å². The molecule has 5 nitrogen and oxygen atoms in total. The number of esters is 1. The first kappa shape index (κ1) is 19.7. The van der Waals surface area contributed by atoms with Gasteiger partial charge in [-0.1, -0.05) is 72.3 Å². The molecule has 0 aliphatic rings. The van der Waals surface area contributed by atoms with Crippen molar-refractivity contribution in [2.75, 3.05) is 7.11 Å². The molecule has 0 bridgehead atoms. The third-order valence-electron chi connectivity index (χ3n) is 4.64. The van der Waals surface area contributed by atoms with Crippen LogP contribution in [0.5, 0.6) is 5.75 Å². The molecule has 0 aliphatic heterocycles. The van der Waals surface area contributed by atoms with Crippen LogP contribution in [0.1, 0.15) is 11.7 Å². The van der Waals surface area contributed by atoms with Crippen LogP contribution in [0.25, 0.3) is 22.1 Å². The summed E-state index contributed by atoms with van der Waals surface area (Å²) in [6.45, 7) is 0. The Kier molecular flexibility index (Phi) is 5.55. The number of ether oxygens (including phenoxy) is 2. The third kappa shape index (κ3) is 3.93. The first-order chi connectivity index (χ1) is 14.6. The zero-order valence-corrected chi connectivity index (χ0v) is 16.8. The smallest absolute Gasteiger partial charge is 0.351 e. The van der Waals surface area contributed by atoms with Crippen molar-refractivity contribution in [2.24, 2.45) is 0 Å². The summed E-state index contributed by atoms with van der Waals surface area (Å²) in [6.07, 6.45) is -1.02. The summed E-state index contributed by atoms with van der Waals surface area (Å²) in [5.41, 5.74) is 1.97. The van der Waals surface area contributed by atoms with E-state index in [4.69, 9.17) is 25.5 Å². The number of rotatable bonds is 5. The average molecular weight is 421 g/mol.